The number of anilines is 1. The molecule has 0 saturated carbocycles. The Morgan fingerprint density at radius 3 is 2.51 bits per heavy atom. The number of hydrogen-bond acceptors (Lipinski definition) is 5. The van der Waals surface area contributed by atoms with Gasteiger partial charge in [-0.15, -0.1) is 0 Å². The number of furan rings is 1. The van der Waals surface area contributed by atoms with Crippen molar-refractivity contribution in [2.45, 2.75) is 6.54 Å². The van der Waals surface area contributed by atoms with E-state index in [9.17, 15) is 23.6 Å². The number of aromatic nitrogens is 1. The molecule has 2 aromatic carbocycles. The van der Waals surface area contributed by atoms with Crippen LogP contribution < -0.4 is 10.2 Å². The third-order valence-electron chi connectivity index (χ3n) is 5.51. The van der Waals surface area contributed by atoms with Gasteiger partial charge in [0.2, 0.25) is 5.76 Å². The van der Waals surface area contributed by atoms with E-state index in [0.29, 0.717) is 21.6 Å². The summed E-state index contributed by atoms with van der Waals surface area (Å²) in [7, 11) is 0. The Bertz CT molecular complexity index is 1560. The highest BCUT2D eigenvalue weighted by Gasteiger charge is 2.38. The topological polar surface area (TPSA) is 122 Å². The van der Waals surface area contributed by atoms with Crippen LogP contribution in [0.3, 0.4) is 0 Å². The molecule has 10 heteroatoms. The maximum atomic E-state index is 14.3. The van der Waals surface area contributed by atoms with Gasteiger partial charge in [-0.1, -0.05) is 30.3 Å². The van der Waals surface area contributed by atoms with E-state index >= 15 is 0 Å². The number of aromatic carboxylic acids is 1. The summed E-state index contributed by atoms with van der Waals surface area (Å²) in [5.74, 6) is -3.64. The Labute approximate surface area is 196 Å². The molecule has 0 unspecified atom stereocenters. The van der Waals surface area contributed by atoms with E-state index in [1.54, 1.807) is 35.0 Å². The van der Waals surface area contributed by atoms with Gasteiger partial charge in [0.05, 0.1) is 12.2 Å². The van der Waals surface area contributed by atoms with Crippen LogP contribution in [0, 0.1) is 5.82 Å². The SMILES string of the molecule is O=C1NC(=O)N(c2ccccc2F)C(=O)/C1=C/c1cn(Cc2ccc(C(=O)O)o2)c2ccccc12. The molecule has 1 aliphatic heterocycles. The minimum Gasteiger partial charge on any atom is -0.475 e. The molecule has 1 saturated heterocycles. The number of carboxylic acids is 1. The number of urea groups is 1. The van der Waals surface area contributed by atoms with E-state index in [-0.39, 0.29) is 23.6 Å². The van der Waals surface area contributed by atoms with E-state index in [4.69, 9.17) is 9.52 Å². The molecule has 2 aromatic heterocycles. The number of para-hydroxylation sites is 2. The van der Waals surface area contributed by atoms with Crippen molar-refractivity contribution in [3.8, 4) is 0 Å². The van der Waals surface area contributed by atoms with Gasteiger partial charge < -0.3 is 14.1 Å². The Kier molecular flexibility index (Phi) is 5.25. The standard InChI is InChI=1S/C25H16FN3O6/c26-18-6-2-4-8-20(18)29-23(31)17(22(30)27-25(29)34)11-14-12-28(19-7-3-1-5-16(14)19)13-15-9-10-21(35-15)24(32)33/h1-12H,13H2,(H,32,33)(H,27,30,34)/b17-11+. The fraction of sp³-hybridized carbons (Fsp3) is 0.0400. The summed E-state index contributed by atoms with van der Waals surface area (Å²) in [6.45, 7) is 0.191. The summed E-state index contributed by atoms with van der Waals surface area (Å²) >= 11 is 0. The van der Waals surface area contributed by atoms with Gasteiger partial charge in [0, 0.05) is 22.7 Å². The third kappa shape index (κ3) is 3.86. The summed E-state index contributed by atoms with van der Waals surface area (Å²) in [6.07, 6.45) is 3.01. The number of imide groups is 2. The highest BCUT2D eigenvalue weighted by atomic mass is 19.1. The van der Waals surface area contributed by atoms with Crippen molar-refractivity contribution < 1.29 is 33.1 Å². The quantitative estimate of drug-likeness (QED) is 0.336. The molecule has 0 bridgehead atoms. The van der Waals surface area contributed by atoms with Crippen LogP contribution in [0.25, 0.3) is 17.0 Å². The first kappa shape index (κ1) is 21.8. The predicted molar refractivity (Wildman–Crippen MR) is 122 cm³/mol. The van der Waals surface area contributed by atoms with Gasteiger partial charge in [-0.25, -0.2) is 18.9 Å². The molecule has 9 nitrogen and oxygen atoms in total. The van der Waals surface area contributed by atoms with Crippen LogP contribution in [0.15, 0.2) is 76.9 Å². The molecule has 0 spiro atoms. The van der Waals surface area contributed by atoms with Gasteiger partial charge in [-0.3, -0.25) is 14.9 Å². The van der Waals surface area contributed by atoms with Crippen molar-refractivity contribution in [2.75, 3.05) is 4.90 Å². The minimum absolute atomic E-state index is 0.191. The Balaban J connectivity index is 1.56. The van der Waals surface area contributed by atoms with Gasteiger partial charge in [0.15, 0.2) is 0 Å². The maximum absolute atomic E-state index is 14.3. The van der Waals surface area contributed by atoms with E-state index in [1.807, 2.05) is 6.07 Å². The van der Waals surface area contributed by atoms with Crippen LogP contribution in [-0.4, -0.2) is 33.5 Å². The van der Waals surface area contributed by atoms with E-state index < -0.39 is 29.6 Å². The second-order valence-electron chi connectivity index (χ2n) is 7.71. The van der Waals surface area contributed by atoms with Crippen molar-refractivity contribution in [1.29, 1.82) is 0 Å². The Morgan fingerprint density at radius 2 is 1.77 bits per heavy atom. The van der Waals surface area contributed by atoms with Gasteiger partial charge in [0.1, 0.15) is 17.2 Å². The first-order valence-electron chi connectivity index (χ1n) is 10.4. The molecule has 4 amide bonds. The molecule has 5 rings (SSSR count). The first-order chi connectivity index (χ1) is 16.8. The van der Waals surface area contributed by atoms with Crippen LogP contribution in [0.1, 0.15) is 21.9 Å². The summed E-state index contributed by atoms with van der Waals surface area (Å²) in [5, 5.41) is 11.9. The largest absolute Gasteiger partial charge is 0.475 e. The highest BCUT2D eigenvalue weighted by molar-refractivity contribution is 6.39. The van der Waals surface area contributed by atoms with Crippen molar-refractivity contribution >= 4 is 46.5 Å². The van der Waals surface area contributed by atoms with Crippen molar-refractivity contribution in [1.82, 2.24) is 9.88 Å². The Morgan fingerprint density at radius 1 is 1.03 bits per heavy atom. The lowest BCUT2D eigenvalue weighted by atomic mass is 10.1. The lowest BCUT2D eigenvalue weighted by molar-refractivity contribution is -0.122. The van der Waals surface area contributed by atoms with Crippen molar-refractivity contribution in [3.63, 3.8) is 0 Å². The summed E-state index contributed by atoms with van der Waals surface area (Å²) in [4.78, 5) is 49.7. The van der Waals surface area contributed by atoms with Crippen molar-refractivity contribution in [2.24, 2.45) is 0 Å². The highest BCUT2D eigenvalue weighted by Crippen LogP contribution is 2.28. The fourth-order valence-electron chi connectivity index (χ4n) is 3.93. The second kappa shape index (κ2) is 8.41. The van der Waals surface area contributed by atoms with E-state index in [2.05, 4.69) is 5.32 Å². The van der Waals surface area contributed by atoms with Crippen molar-refractivity contribution in [3.05, 3.63) is 95.3 Å². The molecule has 2 N–H and O–H groups in total. The number of benzene rings is 2. The zero-order chi connectivity index (χ0) is 24.7. The number of barbiturate groups is 1. The van der Waals surface area contributed by atoms with Crippen LogP contribution in [-0.2, 0) is 16.1 Å². The molecule has 0 aliphatic carbocycles. The lowest BCUT2D eigenvalue weighted by Gasteiger charge is -2.26. The monoisotopic (exact) mass is 473 g/mol. The minimum atomic E-state index is -1.19. The number of halogens is 1. The fourth-order valence-corrected chi connectivity index (χ4v) is 3.93. The van der Waals surface area contributed by atoms with Gasteiger partial charge >= 0.3 is 12.0 Å². The zero-order valence-corrected chi connectivity index (χ0v) is 17.9. The predicted octanol–water partition coefficient (Wildman–Crippen LogP) is 3.79. The molecule has 1 aliphatic rings. The molecule has 4 aromatic rings. The van der Waals surface area contributed by atoms with E-state index in [1.165, 1.54) is 30.3 Å². The average molecular weight is 473 g/mol. The number of fused-ring (bicyclic) bond motifs is 1. The number of carbonyl (C=O) groups is 4. The lowest BCUT2D eigenvalue weighted by Crippen LogP contribution is -2.54. The third-order valence-corrected chi connectivity index (χ3v) is 5.51. The molecule has 174 valence electrons. The molecular formula is C25H16FN3O6. The number of rotatable bonds is 5. The van der Waals surface area contributed by atoms with Gasteiger partial charge in [-0.2, -0.15) is 0 Å². The number of nitrogens with zero attached hydrogens (tertiary/aromatic N) is 2. The molecule has 0 radical (unpaired) electrons. The van der Waals surface area contributed by atoms with Crippen LogP contribution in [0.2, 0.25) is 0 Å². The van der Waals surface area contributed by atoms with Crippen LogP contribution in [0.5, 0.6) is 0 Å². The average Bonchev–Trinajstić information content (AvgIpc) is 3.43. The summed E-state index contributed by atoms with van der Waals surface area (Å²) < 4.78 is 21.4. The molecule has 0 atom stereocenters. The van der Waals surface area contributed by atoms with Crippen LogP contribution in [0.4, 0.5) is 14.9 Å². The zero-order valence-electron chi connectivity index (χ0n) is 17.9. The number of nitrogens with one attached hydrogen (secondary N) is 1. The number of carboxylic acid groups (broad SMARTS) is 1. The molecule has 35 heavy (non-hydrogen) atoms. The Hall–Kier alpha value is -4.99. The number of carbonyl (C=O) groups excluding carboxylic acids is 3. The van der Waals surface area contributed by atoms with Crippen LogP contribution >= 0.6 is 0 Å². The number of amides is 4. The summed E-state index contributed by atoms with van der Waals surface area (Å²) in [6, 6.07) is 14.3. The summed E-state index contributed by atoms with van der Waals surface area (Å²) in [5.41, 5.74) is 0.607. The van der Waals surface area contributed by atoms with E-state index in [0.717, 1.165) is 11.6 Å². The molecule has 3 heterocycles. The molecular weight excluding hydrogens is 457 g/mol. The van der Waals surface area contributed by atoms with Gasteiger partial charge in [-0.05, 0) is 36.4 Å². The number of hydrogen-bond donors (Lipinski definition) is 2. The molecule has 1 fully saturated rings. The normalized spacial score (nSPS) is 15.2. The first-order valence-corrected chi connectivity index (χ1v) is 10.4. The van der Waals surface area contributed by atoms with Gasteiger partial charge in [0.25, 0.3) is 11.8 Å². The smallest absolute Gasteiger partial charge is 0.371 e. The second-order valence-corrected chi connectivity index (χ2v) is 7.71. The maximum Gasteiger partial charge on any atom is 0.371 e.